The van der Waals surface area contributed by atoms with Gasteiger partial charge in [-0.3, -0.25) is 0 Å². The largest absolute Gasteiger partial charge is 0.405 e. The summed E-state index contributed by atoms with van der Waals surface area (Å²) < 4.78 is 50.4. The van der Waals surface area contributed by atoms with Crippen molar-refractivity contribution in [2.75, 3.05) is 18.0 Å². The molecule has 2 N–H and O–H groups in total. The van der Waals surface area contributed by atoms with Gasteiger partial charge in [0.05, 0.1) is 5.69 Å². The monoisotopic (exact) mass is 250 g/mol. The van der Waals surface area contributed by atoms with Crippen LogP contribution < -0.4 is 10.6 Å². The highest BCUT2D eigenvalue weighted by molar-refractivity contribution is 5.49. The molecular weight excluding hydrogens is 236 g/mol. The maximum Gasteiger partial charge on any atom is 0.405 e. The quantitative estimate of drug-likeness (QED) is 0.832. The van der Waals surface area contributed by atoms with E-state index in [2.05, 4.69) is 0 Å². The molecule has 0 spiro atoms. The summed E-state index contributed by atoms with van der Waals surface area (Å²) >= 11 is 0. The predicted octanol–water partition coefficient (Wildman–Crippen LogP) is 2.67. The van der Waals surface area contributed by atoms with Crippen LogP contribution in [0.2, 0.25) is 0 Å². The van der Waals surface area contributed by atoms with Gasteiger partial charge >= 0.3 is 6.18 Å². The lowest BCUT2D eigenvalue weighted by Crippen LogP contribution is -2.34. The highest BCUT2D eigenvalue weighted by Crippen LogP contribution is 2.25. The van der Waals surface area contributed by atoms with Gasteiger partial charge in [-0.1, -0.05) is 6.07 Å². The minimum atomic E-state index is -4.35. The molecule has 0 aliphatic carbocycles. The Balaban J connectivity index is 2.96. The van der Waals surface area contributed by atoms with E-state index in [-0.39, 0.29) is 18.8 Å². The van der Waals surface area contributed by atoms with Crippen molar-refractivity contribution in [3.8, 4) is 0 Å². The molecule has 96 valence electrons. The molecule has 0 saturated carbocycles. The third-order valence-corrected chi connectivity index (χ3v) is 2.34. The van der Waals surface area contributed by atoms with E-state index < -0.39 is 18.5 Å². The molecule has 0 fully saturated rings. The number of hydrogen-bond acceptors (Lipinski definition) is 2. The maximum atomic E-state index is 13.6. The summed E-state index contributed by atoms with van der Waals surface area (Å²) in [6, 6.07) is 4.01. The number of nitrogens with two attached hydrogens (primary N) is 1. The minimum Gasteiger partial charge on any atom is -0.360 e. The first-order valence-electron chi connectivity index (χ1n) is 5.17. The summed E-state index contributed by atoms with van der Waals surface area (Å²) in [6.45, 7) is 0.616. The molecule has 1 rings (SSSR count). The van der Waals surface area contributed by atoms with Gasteiger partial charge in [0.25, 0.3) is 0 Å². The zero-order valence-electron chi connectivity index (χ0n) is 9.39. The van der Waals surface area contributed by atoms with Crippen molar-refractivity contribution in [2.45, 2.75) is 19.6 Å². The van der Waals surface area contributed by atoms with Crippen molar-refractivity contribution in [1.82, 2.24) is 0 Å². The average Bonchev–Trinajstić information content (AvgIpc) is 2.24. The van der Waals surface area contributed by atoms with Crippen LogP contribution in [0.1, 0.15) is 12.5 Å². The van der Waals surface area contributed by atoms with Gasteiger partial charge in [0.15, 0.2) is 0 Å². The number of halogens is 4. The van der Waals surface area contributed by atoms with Gasteiger partial charge in [-0.15, -0.1) is 0 Å². The Labute approximate surface area is 97.0 Å². The Morgan fingerprint density at radius 2 is 1.94 bits per heavy atom. The van der Waals surface area contributed by atoms with E-state index in [9.17, 15) is 17.6 Å². The summed E-state index contributed by atoms with van der Waals surface area (Å²) in [7, 11) is 0. The predicted molar refractivity (Wildman–Crippen MR) is 58.2 cm³/mol. The van der Waals surface area contributed by atoms with E-state index in [1.165, 1.54) is 12.1 Å². The van der Waals surface area contributed by atoms with Crippen LogP contribution in [-0.4, -0.2) is 19.3 Å². The van der Waals surface area contributed by atoms with E-state index in [1.54, 1.807) is 6.92 Å². The lowest BCUT2D eigenvalue weighted by Gasteiger charge is -2.25. The van der Waals surface area contributed by atoms with Gasteiger partial charge in [-0.05, 0) is 24.6 Å². The molecule has 0 unspecified atom stereocenters. The fourth-order valence-corrected chi connectivity index (χ4v) is 1.52. The third-order valence-electron chi connectivity index (χ3n) is 2.34. The SMILES string of the molecule is CCN(CC(F)(F)F)c1ccc(CN)cc1F. The maximum absolute atomic E-state index is 13.6. The Hall–Kier alpha value is -1.30. The molecule has 0 radical (unpaired) electrons. The first-order chi connectivity index (χ1) is 7.87. The summed E-state index contributed by atoms with van der Waals surface area (Å²) in [5.74, 6) is -0.681. The highest BCUT2D eigenvalue weighted by atomic mass is 19.4. The molecule has 0 saturated heterocycles. The van der Waals surface area contributed by atoms with Crippen molar-refractivity contribution < 1.29 is 17.6 Å². The zero-order valence-corrected chi connectivity index (χ0v) is 9.39. The van der Waals surface area contributed by atoms with Crippen molar-refractivity contribution >= 4 is 5.69 Å². The van der Waals surface area contributed by atoms with Crippen LogP contribution in [0, 0.1) is 5.82 Å². The van der Waals surface area contributed by atoms with Crippen LogP contribution in [0.25, 0.3) is 0 Å². The Morgan fingerprint density at radius 3 is 2.35 bits per heavy atom. The second kappa shape index (κ2) is 5.35. The molecule has 0 aromatic heterocycles. The number of rotatable bonds is 4. The van der Waals surface area contributed by atoms with E-state index in [0.29, 0.717) is 5.56 Å². The standard InChI is InChI=1S/C11H14F4N2/c1-2-17(7-11(13,14)15)10-4-3-8(6-16)5-9(10)12/h3-5H,2,6-7,16H2,1H3. The molecular formula is C11H14F4N2. The van der Waals surface area contributed by atoms with Crippen molar-refractivity contribution in [1.29, 1.82) is 0 Å². The first-order valence-corrected chi connectivity index (χ1v) is 5.17. The number of alkyl halides is 3. The zero-order chi connectivity index (χ0) is 13.1. The van der Waals surface area contributed by atoms with E-state index in [1.807, 2.05) is 0 Å². The van der Waals surface area contributed by atoms with Gasteiger partial charge in [0.1, 0.15) is 12.4 Å². The topological polar surface area (TPSA) is 29.3 Å². The molecule has 0 aliphatic rings. The van der Waals surface area contributed by atoms with E-state index in [4.69, 9.17) is 5.73 Å². The molecule has 2 nitrogen and oxygen atoms in total. The van der Waals surface area contributed by atoms with Gasteiger partial charge in [-0.25, -0.2) is 4.39 Å². The van der Waals surface area contributed by atoms with Crippen molar-refractivity contribution in [3.63, 3.8) is 0 Å². The van der Waals surface area contributed by atoms with Crippen LogP contribution >= 0.6 is 0 Å². The molecule has 0 atom stereocenters. The molecule has 6 heteroatoms. The molecule has 0 aliphatic heterocycles. The lowest BCUT2D eigenvalue weighted by atomic mass is 10.2. The summed E-state index contributed by atoms with van der Waals surface area (Å²) in [6.07, 6.45) is -4.35. The second-order valence-electron chi connectivity index (χ2n) is 3.62. The molecule has 0 amide bonds. The van der Waals surface area contributed by atoms with Crippen LogP contribution in [-0.2, 0) is 6.54 Å². The van der Waals surface area contributed by atoms with Gasteiger partial charge in [0.2, 0.25) is 0 Å². The molecule has 0 heterocycles. The second-order valence-corrected chi connectivity index (χ2v) is 3.62. The molecule has 0 bridgehead atoms. The number of nitrogens with zero attached hydrogens (tertiary/aromatic N) is 1. The number of anilines is 1. The Kier molecular flexibility index (Phi) is 4.34. The van der Waals surface area contributed by atoms with E-state index in [0.717, 1.165) is 11.0 Å². The minimum absolute atomic E-state index is 0.0537. The van der Waals surface area contributed by atoms with Crippen molar-refractivity contribution in [2.24, 2.45) is 5.73 Å². The average molecular weight is 250 g/mol. The number of hydrogen-bond donors (Lipinski definition) is 1. The van der Waals surface area contributed by atoms with Crippen LogP contribution in [0.15, 0.2) is 18.2 Å². The first kappa shape index (κ1) is 13.8. The normalized spacial score (nSPS) is 11.6. The summed E-state index contributed by atoms with van der Waals surface area (Å²) in [5, 5.41) is 0. The van der Waals surface area contributed by atoms with Crippen LogP contribution in [0.4, 0.5) is 23.2 Å². The van der Waals surface area contributed by atoms with E-state index >= 15 is 0 Å². The number of benzene rings is 1. The Bertz CT molecular complexity index is 376. The fourth-order valence-electron chi connectivity index (χ4n) is 1.52. The molecule has 1 aromatic rings. The van der Waals surface area contributed by atoms with Crippen LogP contribution in [0.5, 0.6) is 0 Å². The lowest BCUT2D eigenvalue weighted by molar-refractivity contribution is -0.119. The van der Waals surface area contributed by atoms with Gasteiger partial charge in [-0.2, -0.15) is 13.2 Å². The molecule has 17 heavy (non-hydrogen) atoms. The van der Waals surface area contributed by atoms with Gasteiger partial charge in [0, 0.05) is 13.1 Å². The van der Waals surface area contributed by atoms with Gasteiger partial charge < -0.3 is 10.6 Å². The molecule has 1 aromatic carbocycles. The fraction of sp³-hybridized carbons (Fsp3) is 0.455. The Morgan fingerprint density at radius 1 is 1.29 bits per heavy atom. The summed E-state index contributed by atoms with van der Waals surface area (Å²) in [4.78, 5) is 0.940. The highest BCUT2D eigenvalue weighted by Gasteiger charge is 2.31. The third kappa shape index (κ3) is 3.89. The summed E-state index contributed by atoms with van der Waals surface area (Å²) in [5.41, 5.74) is 5.82. The van der Waals surface area contributed by atoms with Crippen LogP contribution in [0.3, 0.4) is 0 Å². The smallest absolute Gasteiger partial charge is 0.360 e. The van der Waals surface area contributed by atoms with Crippen molar-refractivity contribution in [3.05, 3.63) is 29.6 Å².